The third-order valence-corrected chi connectivity index (χ3v) is 3.71. The molecule has 0 aliphatic carbocycles. The largest absolute Gasteiger partial charge is 0.332 e. The molecule has 2 heterocycles. The van der Waals surface area contributed by atoms with E-state index in [1.165, 1.54) is 10.5 Å². The molecule has 1 aromatic carbocycles. The van der Waals surface area contributed by atoms with Gasteiger partial charge >= 0.3 is 6.03 Å². The van der Waals surface area contributed by atoms with Crippen molar-refractivity contribution in [2.45, 2.75) is 19.6 Å². The van der Waals surface area contributed by atoms with Crippen LogP contribution in [-0.4, -0.2) is 49.6 Å². The minimum atomic E-state index is -0.159. The number of carbonyl (C=O) groups is 1. The van der Waals surface area contributed by atoms with E-state index in [1.807, 2.05) is 30.6 Å². The fourth-order valence-electron chi connectivity index (χ4n) is 2.38. The molecule has 0 radical (unpaired) electrons. The molecule has 0 unspecified atom stereocenters. The maximum absolute atomic E-state index is 11.5. The summed E-state index contributed by atoms with van der Waals surface area (Å²) in [6.07, 6.45) is 5.56. The highest BCUT2D eigenvalue weighted by Crippen LogP contribution is 2.07. The molecule has 0 aliphatic heterocycles. The van der Waals surface area contributed by atoms with Gasteiger partial charge in [0.15, 0.2) is 0 Å². The first-order chi connectivity index (χ1) is 12.1. The summed E-state index contributed by atoms with van der Waals surface area (Å²) in [6.45, 7) is 1.63. The van der Waals surface area contributed by atoms with Gasteiger partial charge in [-0.05, 0) is 5.56 Å². The molecular formula is C17H21N7O. The Morgan fingerprint density at radius 3 is 2.76 bits per heavy atom. The van der Waals surface area contributed by atoms with Crippen LogP contribution in [0, 0.1) is 0 Å². The van der Waals surface area contributed by atoms with Gasteiger partial charge < -0.3 is 14.8 Å². The molecule has 0 bridgehead atoms. The second-order valence-electron chi connectivity index (χ2n) is 5.92. The predicted molar refractivity (Wildman–Crippen MR) is 92.8 cm³/mol. The van der Waals surface area contributed by atoms with Gasteiger partial charge in [0, 0.05) is 33.0 Å². The van der Waals surface area contributed by atoms with Crippen molar-refractivity contribution in [2.24, 2.45) is 0 Å². The highest BCUT2D eigenvalue weighted by atomic mass is 16.2. The van der Waals surface area contributed by atoms with E-state index in [9.17, 15) is 4.79 Å². The van der Waals surface area contributed by atoms with Gasteiger partial charge in [0.05, 0.1) is 12.7 Å². The van der Waals surface area contributed by atoms with Crippen molar-refractivity contribution in [1.29, 1.82) is 0 Å². The summed E-state index contributed by atoms with van der Waals surface area (Å²) in [5.41, 5.74) is 1.92. The minimum absolute atomic E-state index is 0.159. The monoisotopic (exact) mass is 339 g/mol. The van der Waals surface area contributed by atoms with Gasteiger partial charge in [0.1, 0.15) is 18.1 Å². The van der Waals surface area contributed by atoms with Crippen molar-refractivity contribution in [3.05, 3.63) is 66.0 Å². The Morgan fingerprint density at radius 1 is 1.20 bits per heavy atom. The normalized spacial score (nSPS) is 10.6. The summed E-state index contributed by atoms with van der Waals surface area (Å²) in [6, 6.07) is 10.1. The Balaban J connectivity index is 1.62. The predicted octanol–water partition coefficient (Wildman–Crippen LogP) is 1.34. The van der Waals surface area contributed by atoms with Gasteiger partial charge in [0.25, 0.3) is 0 Å². The maximum atomic E-state index is 11.5. The summed E-state index contributed by atoms with van der Waals surface area (Å²) in [5, 5.41) is 11.0. The molecular weight excluding hydrogens is 318 g/mol. The third-order valence-electron chi connectivity index (χ3n) is 3.71. The number of amides is 2. The van der Waals surface area contributed by atoms with Gasteiger partial charge in [-0.15, -0.1) is 5.10 Å². The summed E-state index contributed by atoms with van der Waals surface area (Å²) in [5.74, 6) is 0.901. The van der Waals surface area contributed by atoms with Crippen molar-refractivity contribution in [3.63, 3.8) is 0 Å². The number of nitrogens with zero attached hydrogens (tertiary/aromatic N) is 6. The van der Waals surface area contributed by atoms with Crippen LogP contribution >= 0.6 is 0 Å². The number of hydrogen-bond donors (Lipinski definition) is 1. The van der Waals surface area contributed by atoms with Crippen LogP contribution in [-0.2, 0) is 19.6 Å². The van der Waals surface area contributed by atoms with Gasteiger partial charge in [-0.3, -0.25) is 0 Å². The number of urea groups is 1. The molecule has 130 valence electrons. The highest BCUT2D eigenvalue weighted by Gasteiger charge is 2.08. The molecule has 0 atom stereocenters. The molecule has 0 saturated carbocycles. The van der Waals surface area contributed by atoms with E-state index < -0.39 is 0 Å². The number of imidazole rings is 1. The van der Waals surface area contributed by atoms with E-state index in [0.29, 0.717) is 18.8 Å². The van der Waals surface area contributed by atoms with Gasteiger partial charge in [-0.25, -0.2) is 14.5 Å². The standard InChI is InChI=1S/C17H21N7O/c1-22(2)17(25)19-10-15-12-24(21-20-15)13-16-18-8-9-23(16)11-14-6-4-3-5-7-14/h3-9,12H,10-11,13H2,1-2H3,(H,19,25). The lowest BCUT2D eigenvalue weighted by Gasteiger charge is -2.10. The first-order valence-corrected chi connectivity index (χ1v) is 8.00. The molecule has 3 rings (SSSR count). The van der Waals surface area contributed by atoms with E-state index >= 15 is 0 Å². The molecule has 25 heavy (non-hydrogen) atoms. The number of nitrogens with one attached hydrogen (secondary N) is 1. The summed E-state index contributed by atoms with van der Waals surface area (Å²) in [7, 11) is 3.39. The molecule has 0 fully saturated rings. The lowest BCUT2D eigenvalue weighted by atomic mass is 10.2. The van der Waals surface area contributed by atoms with Crippen molar-refractivity contribution in [1.82, 2.24) is 34.8 Å². The number of aromatic nitrogens is 5. The maximum Gasteiger partial charge on any atom is 0.317 e. The van der Waals surface area contributed by atoms with Crippen LogP contribution in [0.5, 0.6) is 0 Å². The van der Waals surface area contributed by atoms with E-state index in [2.05, 4.69) is 37.3 Å². The van der Waals surface area contributed by atoms with Gasteiger partial charge in [0.2, 0.25) is 0 Å². The Bertz CT molecular complexity index is 822. The van der Waals surface area contributed by atoms with Crippen LogP contribution in [0.15, 0.2) is 48.9 Å². The van der Waals surface area contributed by atoms with E-state index in [-0.39, 0.29) is 6.03 Å². The average molecular weight is 339 g/mol. The molecule has 1 N–H and O–H groups in total. The number of hydrogen-bond acceptors (Lipinski definition) is 4. The minimum Gasteiger partial charge on any atom is -0.332 e. The van der Waals surface area contributed by atoms with Crippen LogP contribution in [0.3, 0.4) is 0 Å². The first-order valence-electron chi connectivity index (χ1n) is 8.00. The van der Waals surface area contributed by atoms with Crippen molar-refractivity contribution >= 4 is 6.03 Å². The number of rotatable bonds is 6. The summed E-state index contributed by atoms with van der Waals surface area (Å²) >= 11 is 0. The van der Waals surface area contributed by atoms with Crippen LogP contribution in [0.2, 0.25) is 0 Å². The van der Waals surface area contributed by atoms with E-state index in [1.54, 1.807) is 25.0 Å². The van der Waals surface area contributed by atoms with Gasteiger partial charge in [-0.2, -0.15) is 0 Å². The van der Waals surface area contributed by atoms with Crippen LogP contribution in [0.4, 0.5) is 4.79 Å². The highest BCUT2D eigenvalue weighted by molar-refractivity contribution is 5.73. The molecule has 3 aromatic rings. The Labute approximate surface area is 146 Å². The molecule has 0 aliphatic rings. The van der Waals surface area contributed by atoms with Crippen LogP contribution in [0.1, 0.15) is 17.1 Å². The average Bonchev–Trinajstić information content (AvgIpc) is 3.24. The second kappa shape index (κ2) is 7.61. The number of benzene rings is 1. The molecule has 0 saturated heterocycles. The second-order valence-corrected chi connectivity index (χ2v) is 5.92. The SMILES string of the molecule is CN(C)C(=O)NCc1cn(Cc2nccn2Cc2ccccc2)nn1. The Morgan fingerprint density at radius 2 is 2.00 bits per heavy atom. The fourth-order valence-corrected chi connectivity index (χ4v) is 2.38. The Hall–Kier alpha value is -3.16. The number of carbonyl (C=O) groups excluding carboxylic acids is 1. The van der Waals surface area contributed by atoms with Gasteiger partial charge in [-0.1, -0.05) is 35.5 Å². The van der Waals surface area contributed by atoms with Crippen molar-refractivity contribution in [2.75, 3.05) is 14.1 Å². The summed E-state index contributed by atoms with van der Waals surface area (Å²) < 4.78 is 3.81. The first kappa shape index (κ1) is 16.7. The molecule has 2 aromatic heterocycles. The quantitative estimate of drug-likeness (QED) is 0.735. The fraction of sp³-hybridized carbons (Fsp3) is 0.294. The summed E-state index contributed by atoms with van der Waals surface area (Å²) in [4.78, 5) is 17.4. The lowest BCUT2D eigenvalue weighted by Crippen LogP contribution is -2.34. The molecule has 8 heteroatoms. The zero-order valence-electron chi connectivity index (χ0n) is 14.3. The topological polar surface area (TPSA) is 80.9 Å². The Kier molecular flexibility index (Phi) is 5.08. The lowest BCUT2D eigenvalue weighted by molar-refractivity contribution is 0.217. The smallest absolute Gasteiger partial charge is 0.317 e. The zero-order valence-corrected chi connectivity index (χ0v) is 14.3. The van der Waals surface area contributed by atoms with E-state index in [4.69, 9.17) is 0 Å². The van der Waals surface area contributed by atoms with Crippen LogP contribution < -0.4 is 5.32 Å². The van der Waals surface area contributed by atoms with Crippen molar-refractivity contribution < 1.29 is 4.79 Å². The zero-order chi connectivity index (χ0) is 17.6. The molecule has 8 nitrogen and oxygen atoms in total. The third kappa shape index (κ3) is 4.43. The van der Waals surface area contributed by atoms with Crippen LogP contribution in [0.25, 0.3) is 0 Å². The molecule has 0 spiro atoms. The van der Waals surface area contributed by atoms with E-state index in [0.717, 1.165) is 12.4 Å². The molecule has 2 amide bonds. The van der Waals surface area contributed by atoms with Crippen molar-refractivity contribution in [3.8, 4) is 0 Å².